The van der Waals surface area contributed by atoms with Crippen molar-refractivity contribution < 1.29 is 14.4 Å². The Morgan fingerprint density at radius 1 is 1.04 bits per heavy atom. The zero-order valence-electron chi connectivity index (χ0n) is 12.3. The minimum absolute atomic E-state index is 0.304. The molecule has 1 aliphatic rings. The van der Waals surface area contributed by atoms with Crippen molar-refractivity contribution in [1.82, 2.24) is 4.90 Å². The Morgan fingerprint density at radius 3 is 2.39 bits per heavy atom. The first kappa shape index (κ1) is 15.4. The van der Waals surface area contributed by atoms with Gasteiger partial charge in [0.2, 0.25) is 5.91 Å². The summed E-state index contributed by atoms with van der Waals surface area (Å²) in [5, 5.41) is 2.67. The maximum Gasteiger partial charge on any atom is 0.262 e. The normalized spacial score (nSPS) is 13.2. The lowest BCUT2D eigenvalue weighted by atomic mass is 10.1. The van der Waals surface area contributed by atoms with E-state index in [2.05, 4.69) is 21.2 Å². The van der Waals surface area contributed by atoms with Crippen LogP contribution < -0.4 is 5.32 Å². The van der Waals surface area contributed by atoms with Crippen LogP contribution in [0.15, 0.2) is 46.9 Å². The molecule has 5 nitrogen and oxygen atoms in total. The van der Waals surface area contributed by atoms with Gasteiger partial charge in [0, 0.05) is 10.2 Å². The minimum Gasteiger partial charge on any atom is -0.325 e. The number of nitrogens with zero attached hydrogens (tertiary/aromatic N) is 1. The van der Waals surface area contributed by atoms with E-state index in [-0.39, 0.29) is 6.54 Å². The number of rotatable bonds is 3. The van der Waals surface area contributed by atoms with Gasteiger partial charge in [-0.1, -0.05) is 27.6 Å². The van der Waals surface area contributed by atoms with Crippen LogP contribution in [0.3, 0.4) is 0 Å². The van der Waals surface area contributed by atoms with Crippen LogP contribution in [0.2, 0.25) is 0 Å². The largest absolute Gasteiger partial charge is 0.325 e. The van der Waals surface area contributed by atoms with Crippen LogP contribution in [0.5, 0.6) is 0 Å². The van der Waals surface area contributed by atoms with E-state index in [1.165, 1.54) is 0 Å². The van der Waals surface area contributed by atoms with Gasteiger partial charge in [0.05, 0.1) is 11.1 Å². The number of hydrogen-bond donors (Lipinski definition) is 1. The number of imide groups is 1. The van der Waals surface area contributed by atoms with Crippen molar-refractivity contribution in [1.29, 1.82) is 0 Å². The van der Waals surface area contributed by atoms with Crippen LogP contribution in [-0.4, -0.2) is 29.2 Å². The van der Waals surface area contributed by atoms with Crippen molar-refractivity contribution in [3.63, 3.8) is 0 Å². The van der Waals surface area contributed by atoms with Crippen LogP contribution in [0.4, 0.5) is 5.69 Å². The van der Waals surface area contributed by atoms with Crippen LogP contribution >= 0.6 is 15.9 Å². The van der Waals surface area contributed by atoms with Gasteiger partial charge in [-0.05, 0) is 43.3 Å². The van der Waals surface area contributed by atoms with Gasteiger partial charge in [-0.3, -0.25) is 19.3 Å². The lowest BCUT2D eigenvalue weighted by Crippen LogP contribution is -2.37. The van der Waals surface area contributed by atoms with Gasteiger partial charge in [-0.2, -0.15) is 0 Å². The van der Waals surface area contributed by atoms with E-state index < -0.39 is 17.7 Å². The number of anilines is 1. The zero-order valence-corrected chi connectivity index (χ0v) is 13.9. The molecule has 3 rings (SSSR count). The Labute approximate surface area is 141 Å². The molecule has 0 aromatic heterocycles. The second-order valence-electron chi connectivity index (χ2n) is 5.30. The molecular formula is C17H13BrN2O3. The summed E-state index contributed by atoms with van der Waals surface area (Å²) < 4.78 is 0.895. The Bertz CT molecular complexity index is 815. The Hall–Kier alpha value is -2.47. The summed E-state index contributed by atoms with van der Waals surface area (Å²) >= 11 is 3.31. The van der Waals surface area contributed by atoms with Crippen molar-refractivity contribution >= 4 is 39.3 Å². The second-order valence-corrected chi connectivity index (χ2v) is 6.22. The molecule has 116 valence electrons. The SMILES string of the molecule is Cc1ccc2c(c1)C(=O)N(CC(=O)Nc1ccc(Br)cc1)C2=O. The van der Waals surface area contributed by atoms with Gasteiger partial charge >= 0.3 is 0 Å². The third-order valence-corrected chi connectivity index (χ3v) is 4.08. The molecular weight excluding hydrogens is 360 g/mol. The van der Waals surface area contributed by atoms with Crippen LogP contribution in [-0.2, 0) is 4.79 Å². The summed E-state index contributed by atoms with van der Waals surface area (Å²) in [6.45, 7) is 1.54. The Kier molecular flexibility index (Phi) is 4.00. The quantitative estimate of drug-likeness (QED) is 0.842. The first-order valence-corrected chi connectivity index (χ1v) is 7.77. The summed E-state index contributed by atoms with van der Waals surface area (Å²) in [5.41, 5.74) is 2.19. The molecule has 0 radical (unpaired) electrons. The van der Waals surface area contributed by atoms with E-state index in [0.29, 0.717) is 16.8 Å². The molecule has 0 fully saturated rings. The topological polar surface area (TPSA) is 66.5 Å². The monoisotopic (exact) mass is 372 g/mol. The highest BCUT2D eigenvalue weighted by atomic mass is 79.9. The fraction of sp³-hybridized carbons (Fsp3) is 0.118. The van der Waals surface area contributed by atoms with Crippen LogP contribution in [0, 0.1) is 6.92 Å². The number of carbonyl (C=O) groups excluding carboxylic acids is 3. The number of halogens is 1. The number of benzene rings is 2. The van der Waals surface area contributed by atoms with Crippen molar-refractivity contribution in [3.8, 4) is 0 Å². The summed E-state index contributed by atoms with van der Waals surface area (Å²) in [6, 6.07) is 12.1. The van der Waals surface area contributed by atoms with Crippen molar-refractivity contribution in [2.24, 2.45) is 0 Å². The van der Waals surface area contributed by atoms with E-state index in [1.54, 1.807) is 42.5 Å². The number of aryl methyl sites for hydroxylation is 1. The molecule has 0 atom stereocenters. The van der Waals surface area contributed by atoms with Gasteiger partial charge in [-0.25, -0.2) is 0 Å². The predicted molar refractivity (Wildman–Crippen MR) is 89.3 cm³/mol. The predicted octanol–water partition coefficient (Wildman–Crippen LogP) is 2.99. The Balaban J connectivity index is 1.73. The smallest absolute Gasteiger partial charge is 0.262 e. The maximum atomic E-state index is 12.3. The molecule has 0 unspecified atom stereocenters. The lowest BCUT2D eigenvalue weighted by molar-refractivity contribution is -0.116. The highest BCUT2D eigenvalue weighted by molar-refractivity contribution is 9.10. The number of hydrogen-bond acceptors (Lipinski definition) is 3. The van der Waals surface area contributed by atoms with E-state index in [9.17, 15) is 14.4 Å². The van der Waals surface area contributed by atoms with E-state index in [4.69, 9.17) is 0 Å². The fourth-order valence-corrected chi connectivity index (χ4v) is 2.69. The minimum atomic E-state index is -0.434. The van der Waals surface area contributed by atoms with Crippen LogP contribution in [0.1, 0.15) is 26.3 Å². The lowest BCUT2D eigenvalue weighted by Gasteiger charge is -2.13. The molecule has 1 N–H and O–H groups in total. The molecule has 0 spiro atoms. The molecule has 0 aliphatic carbocycles. The van der Waals surface area contributed by atoms with Gasteiger partial charge in [0.15, 0.2) is 0 Å². The average Bonchev–Trinajstić information content (AvgIpc) is 2.74. The molecule has 3 amide bonds. The summed E-state index contributed by atoms with van der Waals surface area (Å²) in [7, 11) is 0. The first-order valence-electron chi connectivity index (χ1n) is 6.98. The highest BCUT2D eigenvalue weighted by Gasteiger charge is 2.36. The molecule has 6 heteroatoms. The molecule has 23 heavy (non-hydrogen) atoms. The zero-order chi connectivity index (χ0) is 16.6. The molecule has 2 aromatic rings. The van der Waals surface area contributed by atoms with Crippen molar-refractivity contribution in [3.05, 3.63) is 63.6 Å². The maximum absolute atomic E-state index is 12.3. The molecule has 0 bridgehead atoms. The van der Waals surface area contributed by atoms with Gasteiger partial charge in [-0.15, -0.1) is 0 Å². The number of nitrogens with one attached hydrogen (secondary N) is 1. The number of carbonyl (C=O) groups is 3. The van der Waals surface area contributed by atoms with E-state index >= 15 is 0 Å². The Morgan fingerprint density at radius 2 is 1.70 bits per heavy atom. The van der Waals surface area contributed by atoms with Gasteiger partial charge in [0.25, 0.3) is 11.8 Å². The highest BCUT2D eigenvalue weighted by Crippen LogP contribution is 2.23. The third kappa shape index (κ3) is 3.03. The van der Waals surface area contributed by atoms with Crippen molar-refractivity contribution in [2.75, 3.05) is 11.9 Å². The van der Waals surface area contributed by atoms with Crippen LogP contribution in [0.25, 0.3) is 0 Å². The fourth-order valence-electron chi connectivity index (χ4n) is 2.43. The average molecular weight is 373 g/mol. The number of amides is 3. The number of fused-ring (bicyclic) bond motifs is 1. The summed E-state index contributed by atoms with van der Waals surface area (Å²) in [6.07, 6.45) is 0. The molecule has 0 saturated carbocycles. The van der Waals surface area contributed by atoms with E-state index in [0.717, 1.165) is 14.9 Å². The van der Waals surface area contributed by atoms with Gasteiger partial charge in [0.1, 0.15) is 6.54 Å². The second kappa shape index (κ2) is 5.96. The molecule has 1 aliphatic heterocycles. The van der Waals surface area contributed by atoms with Crippen molar-refractivity contribution in [2.45, 2.75) is 6.92 Å². The first-order chi connectivity index (χ1) is 11.0. The molecule has 0 saturated heterocycles. The summed E-state index contributed by atoms with van der Waals surface area (Å²) in [4.78, 5) is 37.6. The molecule has 1 heterocycles. The van der Waals surface area contributed by atoms with Gasteiger partial charge < -0.3 is 5.32 Å². The van der Waals surface area contributed by atoms with E-state index in [1.807, 2.05) is 6.92 Å². The molecule has 2 aromatic carbocycles. The third-order valence-electron chi connectivity index (χ3n) is 3.56. The standard InChI is InChI=1S/C17H13BrN2O3/c1-10-2-7-13-14(8-10)17(23)20(16(13)22)9-15(21)19-12-5-3-11(18)4-6-12/h2-8H,9H2,1H3,(H,19,21). The summed E-state index contributed by atoms with van der Waals surface area (Å²) in [5.74, 6) is -1.28.